The molecule has 1 aliphatic heterocycles. The Kier molecular flexibility index (Phi) is 3.20. The van der Waals surface area contributed by atoms with Crippen LogP contribution in [0.1, 0.15) is 19.8 Å². The van der Waals surface area contributed by atoms with Gasteiger partial charge in [0.2, 0.25) is 0 Å². The summed E-state index contributed by atoms with van der Waals surface area (Å²) in [5.74, 6) is 0.883. The number of nitrogens with one attached hydrogen (secondary N) is 2. The highest BCUT2D eigenvalue weighted by molar-refractivity contribution is 5.50. The molecule has 2 aromatic heterocycles. The van der Waals surface area contributed by atoms with E-state index in [9.17, 15) is 4.79 Å². The number of hydrogen-bond acceptors (Lipinski definition) is 5. The molecule has 7 heteroatoms. The second kappa shape index (κ2) is 5.00. The molecule has 0 radical (unpaired) electrons. The zero-order valence-corrected chi connectivity index (χ0v) is 11.0. The number of rotatable bonds is 3. The summed E-state index contributed by atoms with van der Waals surface area (Å²) in [4.78, 5) is 18.0. The third kappa shape index (κ3) is 2.33. The predicted octanol–water partition coefficient (Wildman–Crippen LogP) is -0.00410. The number of likely N-dealkylation sites (N-methyl/N-ethyl adjacent to an activating group) is 1. The van der Waals surface area contributed by atoms with Crippen molar-refractivity contribution in [3.8, 4) is 0 Å². The van der Waals surface area contributed by atoms with Crippen LogP contribution < -0.4 is 15.9 Å². The summed E-state index contributed by atoms with van der Waals surface area (Å²) in [6.07, 6.45) is 3.89. The van der Waals surface area contributed by atoms with Crippen molar-refractivity contribution in [1.29, 1.82) is 0 Å². The summed E-state index contributed by atoms with van der Waals surface area (Å²) in [6.45, 7) is 5.06. The summed E-state index contributed by atoms with van der Waals surface area (Å²) in [5.41, 5.74) is 0.360. The van der Waals surface area contributed by atoms with Gasteiger partial charge < -0.3 is 10.2 Å². The van der Waals surface area contributed by atoms with E-state index in [1.165, 1.54) is 17.1 Å². The Morgan fingerprint density at radius 1 is 1.58 bits per heavy atom. The molecule has 1 atom stereocenters. The van der Waals surface area contributed by atoms with E-state index >= 15 is 0 Å². The van der Waals surface area contributed by atoms with E-state index < -0.39 is 0 Å². The van der Waals surface area contributed by atoms with Crippen molar-refractivity contribution in [2.45, 2.75) is 25.8 Å². The van der Waals surface area contributed by atoms with Crippen LogP contribution in [0.3, 0.4) is 0 Å². The molecule has 0 spiro atoms. The first kappa shape index (κ1) is 12.2. The standard InChI is InChI=1S/C12H18N6O/c1-2-13-9-4-3-5-17(7-9)10-6-11-15-16-12(19)18(11)8-14-10/h6,8-9,13H,2-5,7H2,1H3,(H,16,19). The molecule has 7 nitrogen and oxygen atoms in total. The Hall–Kier alpha value is -1.89. The largest absolute Gasteiger partial charge is 0.355 e. The molecule has 102 valence electrons. The number of nitrogens with zero attached hydrogens (tertiary/aromatic N) is 4. The second-order valence-electron chi connectivity index (χ2n) is 4.85. The first-order chi connectivity index (χ1) is 9.28. The topological polar surface area (TPSA) is 78.3 Å². The van der Waals surface area contributed by atoms with Crippen LogP contribution in [0.5, 0.6) is 0 Å². The van der Waals surface area contributed by atoms with E-state index in [2.05, 4.69) is 32.3 Å². The first-order valence-corrected chi connectivity index (χ1v) is 6.69. The summed E-state index contributed by atoms with van der Waals surface area (Å²) in [5, 5.41) is 9.87. The lowest BCUT2D eigenvalue weighted by Crippen LogP contribution is -2.46. The van der Waals surface area contributed by atoms with Gasteiger partial charge in [0.1, 0.15) is 12.1 Å². The van der Waals surface area contributed by atoms with Gasteiger partial charge in [-0.2, -0.15) is 5.10 Å². The molecule has 0 saturated carbocycles. The van der Waals surface area contributed by atoms with Crippen molar-refractivity contribution in [3.63, 3.8) is 0 Å². The third-order valence-corrected chi connectivity index (χ3v) is 3.53. The van der Waals surface area contributed by atoms with Gasteiger partial charge in [-0.15, -0.1) is 0 Å². The summed E-state index contributed by atoms with van der Waals surface area (Å²) >= 11 is 0. The molecule has 0 amide bonds. The van der Waals surface area contributed by atoms with E-state index in [0.29, 0.717) is 11.7 Å². The fourth-order valence-corrected chi connectivity index (χ4v) is 2.61. The van der Waals surface area contributed by atoms with Crippen molar-refractivity contribution >= 4 is 11.5 Å². The Balaban J connectivity index is 1.84. The van der Waals surface area contributed by atoms with Crippen LogP contribution in [0.15, 0.2) is 17.2 Å². The van der Waals surface area contributed by atoms with E-state index in [0.717, 1.165) is 31.9 Å². The van der Waals surface area contributed by atoms with Gasteiger partial charge in [-0.05, 0) is 19.4 Å². The maximum absolute atomic E-state index is 11.4. The van der Waals surface area contributed by atoms with Gasteiger partial charge in [-0.25, -0.2) is 19.3 Å². The molecular weight excluding hydrogens is 244 g/mol. The van der Waals surface area contributed by atoms with Gasteiger partial charge in [-0.1, -0.05) is 6.92 Å². The molecule has 0 aromatic carbocycles. The predicted molar refractivity (Wildman–Crippen MR) is 72.5 cm³/mol. The van der Waals surface area contributed by atoms with Crippen molar-refractivity contribution in [1.82, 2.24) is 24.9 Å². The lowest BCUT2D eigenvalue weighted by molar-refractivity contribution is 0.429. The minimum absolute atomic E-state index is 0.252. The SMILES string of the molecule is CCNC1CCCN(c2cc3n[nH]c(=O)n3cn2)C1. The van der Waals surface area contributed by atoms with Crippen molar-refractivity contribution < 1.29 is 0 Å². The monoisotopic (exact) mass is 262 g/mol. The maximum atomic E-state index is 11.4. The number of fused-ring (bicyclic) bond motifs is 1. The third-order valence-electron chi connectivity index (χ3n) is 3.53. The van der Waals surface area contributed by atoms with Gasteiger partial charge in [0, 0.05) is 25.2 Å². The Labute approximate surface area is 110 Å². The van der Waals surface area contributed by atoms with Crippen LogP contribution >= 0.6 is 0 Å². The minimum atomic E-state index is -0.252. The number of piperidine rings is 1. The minimum Gasteiger partial charge on any atom is -0.355 e. The molecular formula is C12H18N6O. The van der Waals surface area contributed by atoms with Crippen LogP contribution in [-0.2, 0) is 0 Å². The van der Waals surface area contributed by atoms with E-state index in [-0.39, 0.29) is 5.69 Å². The zero-order valence-electron chi connectivity index (χ0n) is 11.0. The molecule has 0 aliphatic carbocycles. The van der Waals surface area contributed by atoms with Gasteiger partial charge in [0.05, 0.1) is 0 Å². The maximum Gasteiger partial charge on any atom is 0.348 e. The van der Waals surface area contributed by atoms with Crippen molar-refractivity contribution in [3.05, 3.63) is 22.9 Å². The summed E-state index contributed by atoms with van der Waals surface area (Å²) in [6, 6.07) is 2.37. The van der Waals surface area contributed by atoms with E-state index in [1.54, 1.807) is 0 Å². The number of hydrogen-bond donors (Lipinski definition) is 2. The number of anilines is 1. The van der Waals surface area contributed by atoms with E-state index in [4.69, 9.17) is 0 Å². The molecule has 0 bridgehead atoms. The Bertz CT molecular complexity index is 616. The second-order valence-corrected chi connectivity index (χ2v) is 4.85. The van der Waals surface area contributed by atoms with E-state index in [1.807, 2.05) is 6.07 Å². The van der Waals surface area contributed by atoms with Gasteiger partial charge >= 0.3 is 5.69 Å². The molecule has 1 saturated heterocycles. The molecule has 3 heterocycles. The average Bonchev–Trinajstić information content (AvgIpc) is 2.81. The Morgan fingerprint density at radius 3 is 3.32 bits per heavy atom. The normalized spacial score (nSPS) is 20.1. The molecule has 3 rings (SSSR count). The van der Waals surface area contributed by atoms with Crippen LogP contribution in [0.4, 0.5) is 5.82 Å². The lowest BCUT2D eigenvalue weighted by Gasteiger charge is -2.33. The van der Waals surface area contributed by atoms with Crippen LogP contribution in [-0.4, -0.2) is 45.3 Å². The molecule has 2 N–H and O–H groups in total. The number of H-pyrrole nitrogens is 1. The number of aromatic amines is 1. The highest BCUT2D eigenvalue weighted by Crippen LogP contribution is 2.18. The highest BCUT2D eigenvalue weighted by Gasteiger charge is 2.20. The van der Waals surface area contributed by atoms with Gasteiger partial charge in [0.15, 0.2) is 5.65 Å². The fourth-order valence-electron chi connectivity index (χ4n) is 2.61. The van der Waals surface area contributed by atoms with Crippen molar-refractivity contribution in [2.75, 3.05) is 24.5 Å². The smallest absolute Gasteiger partial charge is 0.348 e. The lowest BCUT2D eigenvalue weighted by atomic mass is 10.1. The van der Waals surface area contributed by atoms with Gasteiger partial charge in [0.25, 0.3) is 0 Å². The summed E-state index contributed by atoms with van der Waals surface area (Å²) in [7, 11) is 0. The summed E-state index contributed by atoms with van der Waals surface area (Å²) < 4.78 is 1.41. The molecule has 1 unspecified atom stereocenters. The van der Waals surface area contributed by atoms with Crippen LogP contribution in [0.2, 0.25) is 0 Å². The molecule has 1 fully saturated rings. The van der Waals surface area contributed by atoms with Gasteiger partial charge in [-0.3, -0.25) is 0 Å². The molecule has 1 aliphatic rings. The Morgan fingerprint density at radius 2 is 2.47 bits per heavy atom. The number of aromatic nitrogens is 4. The first-order valence-electron chi connectivity index (χ1n) is 6.69. The quantitative estimate of drug-likeness (QED) is 0.814. The molecule has 19 heavy (non-hydrogen) atoms. The average molecular weight is 262 g/mol. The van der Waals surface area contributed by atoms with Crippen molar-refractivity contribution in [2.24, 2.45) is 0 Å². The fraction of sp³-hybridized carbons (Fsp3) is 0.583. The molecule has 2 aromatic rings. The van der Waals surface area contributed by atoms with Crippen LogP contribution in [0.25, 0.3) is 5.65 Å². The highest BCUT2D eigenvalue weighted by atomic mass is 16.1. The zero-order chi connectivity index (χ0) is 13.2. The van der Waals surface area contributed by atoms with Crippen LogP contribution in [0, 0.1) is 0 Å².